The molecule has 1 N–H and O–H groups in total. The van der Waals surface area contributed by atoms with Crippen LogP contribution in [0.25, 0.3) is 43.8 Å². The predicted molar refractivity (Wildman–Crippen MR) is 168 cm³/mol. The zero-order chi connectivity index (χ0) is 27.2. The van der Waals surface area contributed by atoms with Crippen molar-refractivity contribution in [2.45, 2.75) is 6.17 Å². The Morgan fingerprint density at radius 2 is 1.20 bits per heavy atom. The Hall–Kier alpha value is -5.48. The van der Waals surface area contributed by atoms with E-state index in [1.54, 1.807) is 0 Å². The molecule has 0 saturated heterocycles. The Bertz CT molecular complexity index is 2110. The van der Waals surface area contributed by atoms with Crippen molar-refractivity contribution in [2.24, 2.45) is 9.98 Å². The number of benzene rings is 6. The van der Waals surface area contributed by atoms with Crippen LogP contribution in [0.4, 0.5) is 0 Å². The van der Waals surface area contributed by atoms with Crippen molar-refractivity contribution in [1.82, 2.24) is 5.32 Å². The lowest BCUT2D eigenvalue weighted by Gasteiger charge is -2.24. The maximum Gasteiger partial charge on any atom is 0.159 e. The van der Waals surface area contributed by atoms with Crippen LogP contribution in [0.15, 0.2) is 154 Å². The van der Waals surface area contributed by atoms with E-state index in [0.29, 0.717) is 5.84 Å². The number of rotatable bonds is 4. The summed E-state index contributed by atoms with van der Waals surface area (Å²) in [6.07, 6.45) is -0.256. The third kappa shape index (κ3) is 4.17. The highest BCUT2D eigenvalue weighted by atomic mass is 16.3. The molecular formula is C37H25N3O. The van der Waals surface area contributed by atoms with Gasteiger partial charge < -0.3 is 9.73 Å². The number of para-hydroxylation sites is 1. The molecule has 6 aromatic carbocycles. The van der Waals surface area contributed by atoms with E-state index in [0.717, 1.165) is 55.2 Å². The molecular weight excluding hydrogens is 502 g/mol. The van der Waals surface area contributed by atoms with E-state index >= 15 is 0 Å². The number of furan rings is 1. The molecule has 4 heteroatoms. The van der Waals surface area contributed by atoms with Crippen LogP contribution >= 0.6 is 0 Å². The standard InChI is InChI=1S/C37H25N3O/c1-3-9-24(10-4-1)25-15-18-28(19-16-25)36-38-35(27-11-5-2-6-12-27)39-37(40-36)29-20-17-26-21-22-33-34(31(26)23-29)30-13-7-8-14-32(30)41-33/h1-23,35H,(H,38,39,40). The lowest BCUT2D eigenvalue weighted by molar-refractivity contribution is 0.669. The summed E-state index contributed by atoms with van der Waals surface area (Å²) in [4.78, 5) is 10.2. The van der Waals surface area contributed by atoms with Gasteiger partial charge in [-0.15, -0.1) is 0 Å². The predicted octanol–water partition coefficient (Wildman–Crippen LogP) is 8.90. The number of fused-ring (bicyclic) bond motifs is 5. The van der Waals surface area contributed by atoms with Crippen molar-refractivity contribution in [1.29, 1.82) is 0 Å². The Kier molecular flexibility index (Phi) is 5.49. The van der Waals surface area contributed by atoms with Crippen molar-refractivity contribution in [3.8, 4) is 11.1 Å². The molecule has 0 fully saturated rings. The van der Waals surface area contributed by atoms with Crippen molar-refractivity contribution in [3.05, 3.63) is 156 Å². The first kappa shape index (κ1) is 23.4. The van der Waals surface area contributed by atoms with E-state index in [2.05, 4.69) is 108 Å². The summed E-state index contributed by atoms with van der Waals surface area (Å²) < 4.78 is 6.17. The highest BCUT2D eigenvalue weighted by Gasteiger charge is 2.21. The molecule has 7 aromatic rings. The SMILES string of the molecule is c1ccc(-c2ccc(C3=NC(c4ccc5ccc6oc7ccccc7c6c5c4)=NC(c4ccccc4)N3)cc2)cc1. The van der Waals surface area contributed by atoms with Gasteiger partial charge in [-0.05, 0) is 45.7 Å². The van der Waals surface area contributed by atoms with E-state index < -0.39 is 0 Å². The summed E-state index contributed by atoms with van der Waals surface area (Å²) >= 11 is 0. The topological polar surface area (TPSA) is 49.9 Å². The third-order valence-electron chi connectivity index (χ3n) is 7.74. The minimum Gasteiger partial charge on any atom is -0.456 e. The van der Waals surface area contributed by atoms with Crippen LogP contribution in [0.1, 0.15) is 22.9 Å². The highest BCUT2D eigenvalue weighted by molar-refractivity contribution is 6.21. The van der Waals surface area contributed by atoms with E-state index in [1.807, 2.05) is 36.4 Å². The molecule has 1 unspecified atom stereocenters. The first-order valence-electron chi connectivity index (χ1n) is 13.8. The van der Waals surface area contributed by atoms with Gasteiger partial charge in [0, 0.05) is 21.9 Å². The van der Waals surface area contributed by atoms with E-state index in [-0.39, 0.29) is 6.17 Å². The molecule has 0 radical (unpaired) electrons. The molecule has 2 heterocycles. The van der Waals surface area contributed by atoms with Crippen LogP contribution in [0.5, 0.6) is 0 Å². The van der Waals surface area contributed by atoms with E-state index in [4.69, 9.17) is 14.4 Å². The fourth-order valence-corrected chi connectivity index (χ4v) is 5.66. The Labute approximate surface area is 237 Å². The number of aliphatic imine (C=N–C) groups is 2. The number of hydrogen-bond donors (Lipinski definition) is 1. The second-order valence-electron chi connectivity index (χ2n) is 10.3. The normalized spacial score (nSPS) is 15.1. The molecule has 1 aliphatic heterocycles. The maximum absolute atomic E-state index is 6.17. The summed E-state index contributed by atoms with van der Waals surface area (Å²) in [7, 11) is 0. The van der Waals surface area contributed by atoms with Gasteiger partial charge >= 0.3 is 0 Å². The van der Waals surface area contributed by atoms with Crippen LogP contribution in [-0.2, 0) is 0 Å². The molecule has 1 aliphatic rings. The van der Waals surface area contributed by atoms with Crippen LogP contribution in [-0.4, -0.2) is 11.7 Å². The van der Waals surface area contributed by atoms with Crippen molar-refractivity contribution in [2.75, 3.05) is 0 Å². The van der Waals surface area contributed by atoms with Crippen molar-refractivity contribution < 1.29 is 4.42 Å². The molecule has 194 valence electrons. The average Bonchev–Trinajstić information content (AvgIpc) is 3.44. The van der Waals surface area contributed by atoms with Gasteiger partial charge in [-0.3, -0.25) is 0 Å². The second-order valence-corrected chi connectivity index (χ2v) is 10.3. The Balaban J connectivity index is 1.26. The number of nitrogens with zero attached hydrogens (tertiary/aromatic N) is 2. The first-order chi connectivity index (χ1) is 20.3. The molecule has 0 amide bonds. The van der Waals surface area contributed by atoms with Crippen LogP contribution in [0.2, 0.25) is 0 Å². The van der Waals surface area contributed by atoms with Crippen LogP contribution in [0, 0.1) is 0 Å². The summed E-state index contributed by atoms with van der Waals surface area (Å²) in [6.45, 7) is 0. The number of hydrogen-bond acceptors (Lipinski definition) is 4. The summed E-state index contributed by atoms with van der Waals surface area (Å²) in [5, 5.41) is 8.10. The van der Waals surface area contributed by atoms with Crippen LogP contribution < -0.4 is 5.32 Å². The fourth-order valence-electron chi connectivity index (χ4n) is 5.66. The Morgan fingerprint density at radius 3 is 2.02 bits per heavy atom. The van der Waals surface area contributed by atoms with Gasteiger partial charge in [0.1, 0.15) is 23.2 Å². The monoisotopic (exact) mass is 527 g/mol. The fraction of sp³-hybridized carbons (Fsp3) is 0.0270. The molecule has 1 aromatic heterocycles. The third-order valence-corrected chi connectivity index (χ3v) is 7.74. The molecule has 0 spiro atoms. The average molecular weight is 528 g/mol. The molecule has 1 atom stereocenters. The van der Waals surface area contributed by atoms with Gasteiger partial charge in [0.05, 0.1) is 0 Å². The smallest absolute Gasteiger partial charge is 0.159 e. The maximum atomic E-state index is 6.17. The summed E-state index contributed by atoms with van der Waals surface area (Å²) in [6, 6.07) is 48.1. The largest absolute Gasteiger partial charge is 0.456 e. The van der Waals surface area contributed by atoms with Gasteiger partial charge in [-0.25, -0.2) is 9.98 Å². The van der Waals surface area contributed by atoms with E-state index in [9.17, 15) is 0 Å². The van der Waals surface area contributed by atoms with Crippen LogP contribution in [0.3, 0.4) is 0 Å². The number of nitrogens with one attached hydrogen (secondary N) is 1. The lowest BCUT2D eigenvalue weighted by Crippen LogP contribution is -2.33. The second kappa shape index (κ2) is 9.61. The molecule has 0 aliphatic carbocycles. The highest BCUT2D eigenvalue weighted by Crippen LogP contribution is 2.35. The van der Waals surface area contributed by atoms with Crippen molar-refractivity contribution in [3.63, 3.8) is 0 Å². The van der Waals surface area contributed by atoms with Gasteiger partial charge in [0.25, 0.3) is 0 Å². The van der Waals surface area contributed by atoms with Gasteiger partial charge in [0.15, 0.2) is 5.84 Å². The molecule has 41 heavy (non-hydrogen) atoms. The van der Waals surface area contributed by atoms with Gasteiger partial charge in [-0.1, -0.05) is 121 Å². The lowest BCUT2D eigenvalue weighted by atomic mass is 10.0. The minimum atomic E-state index is -0.256. The molecule has 8 rings (SSSR count). The molecule has 0 bridgehead atoms. The molecule has 4 nitrogen and oxygen atoms in total. The van der Waals surface area contributed by atoms with Gasteiger partial charge in [-0.2, -0.15) is 0 Å². The van der Waals surface area contributed by atoms with Crippen molar-refractivity contribution >= 4 is 44.4 Å². The Morgan fingerprint density at radius 1 is 0.537 bits per heavy atom. The summed E-state index contributed by atoms with van der Waals surface area (Å²) in [5.74, 6) is 1.50. The first-order valence-corrected chi connectivity index (χ1v) is 13.8. The zero-order valence-electron chi connectivity index (χ0n) is 22.2. The number of amidine groups is 2. The quantitative estimate of drug-likeness (QED) is 0.248. The zero-order valence-corrected chi connectivity index (χ0v) is 22.2. The summed E-state index contributed by atoms with van der Waals surface area (Å²) in [5.41, 5.74) is 7.21. The van der Waals surface area contributed by atoms with Gasteiger partial charge in [0.2, 0.25) is 0 Å². The van der Waals surface area contributed by atoms with E-state index in [1.165, 1.54) is 11.1 Å². The molecule has 0 saturated carbocycles. The minimum absolute atomic E-state index is 0.256.